The Kier molecular flexibility index (Phi) is 4.15. The minimum Gasteiger partial charge on any atom is -0.453 e. The van der Waals surface area contributed by atoms with E-state index in [2.05, 4.69) is 129 Å². The number of para-hydroxylation sites is 6. The van der Waals surface area contributed by atoms with E-state index in [1.54, 1.807) is 0 Å². The van der Waals surface area contributed by atoms with Crippen LogP contribution >= 0.6 is 0 Å². The van der Waals surface area contributed by atoms with Gasteiger partial charge in [-0.2, -0.15) is 0 Å². The van der Waals surface area contributed by atoms with E-state index in [0.29, 0.717) is 0 Å². The number of rotatable bonds is 2. The van der Waals surface area contributed by atoms with Crippen LogP contribution in [0.4, 0.5) is 17.1 Å². The summed E-state index contributed by atoms with van der Waals surface area (Å²) < 4.78 is 11.1. The quantitative estimate of drug-likeness (QED) is 0.219. The molecule has 196 valence electrons. The van der Waals surface area contributed by atoms with Gasteiger partial charge in [0.05, 0.1) is 33.4 Å². The maximum atomic E-state index is 6.21. The molecule has 4 nitrogen and oxygen atoms in total. The lowest BCUT2D eigenvalue weighted by Gasteiger charge is -2.32. The minimum absolute atomic E-state index is 0.862. The summed E-state index contributed by atoms with van der Waals surface area (Å²) in [5.74, 6) is 1.72. The number of anilines is 3. The van der Waals surface area contributed by atoms with Crippen LogP contribution in [-0.2, 0) is 0 Å². The van der Waals surface area contributed by atoms with Crippen LogP contribution in [0.5, 0.6) is 11.5 Å². The van der Waals surface area contributed by atoms with Gasteiger partial charge in [-0.1, -0.05) is 78.9 Å². The van der Waals surface area contributed by atoms with Crippen molar-refractivity contribution < 1.29 is 4.74 Å². The van der Waals surface area contributed by atoms with E-state index >= 15 is 0 Å². The normalized spacial score (nSPS) is 12.9. The first-order valence-electron chi connectivity index (χ1n) is 14.3. The lowest BCUT2D eigenvalue weighted by Crippen LogP contribution is -2.15. The molecule has 0 amide bonds. The Labute approximate surface area is 241 Å². The van der Waals surface area contributed by atoms with Crippen LogP contribution < -0.4 is 9.64 Å². The standard InChI is InChI=1S/C38H23N3O/c1-3-11-29-27(9-1)37-28-10-2-4-12-30(28)41-34-23-25(19-22-31(34)40(29)38(37)41)24-17-20-26(21-18-24)39-32-13-5-7-15-35(32)42-36-16-8-6-14-33(36)39/h1-23H. The highest BCUT2D eigenvalue weighted by Gasteiger charge is 2.26. The van der Waals surface area contributed by atoms with Crippen molar-refractivity contribution in [3.63, 3.8) is 0 Å². The molecule has 6 aromatic carbocycles. The predicted octanol–water partition coefficient (Wildman–Crippen LogP) is 10.3. The molecule has 4 heterocycles. The fourth-order valence-electron chi connectivity index (χ4n) is 7.04. The summed E-state index contributed by atoms with van der Waals surface area (Å²) in [5, 5.41) is 3.93. The van der Waals surface area contributed by atoms with Crippen LogP contribution in [0, 0.1) is 0 Å². The Morgan fingerprint density at radius 3 is 1.64 bits per heavy atom. The Balaban J connectivity index is 1.15. The van der Waals surface area contributed by atoms with Crippen molar-refractivity contribution >= 4 is 60.9 Å². The zero-order valence-electron chi connectivity index (χ0n) is 22.5. The van der Waals surface area contributed by atoms with Crippen LogP contribution in [0.1, 0.15) is 0 Å². The lowest BCUT2D eigenvalue weighted by molar-refractivity contribution is 0.477. The average molecular weight is 538 g/mol. The van der Waals surface area contributed by atoms with E-state index in [0.717, 1.165) is 28.6 Å². The first-order chi connectivity index (χ1) is 20.8. The van der Waals surface area contributed by atoms with Gasteiger partial charge in [0, 0.05) is 21.8 Å². The summed E-state index contributed by atoms with van der Waals surface area (Å²) in [6.07, 6.45) is 0. The third-order valence-corrected chi connectivity index (χ3v) is 8.82. The topological polar surface area (TPSA) is 21.3 Å². The molecule has 0 fully saturated rings. The van der Waals surface area contributed by atoms with Crippen LogP contribution in [0.2, 0.25) is 0 Å². The maximum absolute atomic E-state index is 6.21. The molecule has 9 aromatic rings. The molecule has 0 atom stereocenters. The van der Waals surface area contributed by atoms with Crippen molar-refractivity contribution in [2.24, 2.45) is 0 Å². The zero-order chi connectivity index (χ0) is 27.4. The Hall–Kier alpha value is -5.74. The molecule has 42 heavy (non-hydrogen) atoms. The van der Waals surface area contributed by atoms with E-state index in [4.69, 9.17) is 4.74 Å². The summed E-state index contributed by atoms with van der Waals surface area (Å²) in [5.41, 5.74) is 11.8. The Morgan fingerprint density at radius 1 is 0.429 bits per heavy atom. The van der Waals surface area contributed by atoms with Gasteiger partial charge in [0.15, 0.2) is 11.5 Å². The Morgan fingerprint density at radius 2 is 0.976 bits per heavy atom. The second-order valence-corrected chi connectivity index (χ2v) is 11.0. The maximum Gasteiger partial charge on any atom is 0.151 e. The number of hydrogen-bond donors (Lipinski definition) is 0. The molecule has 1 aliphatic heterocycles. The summed E-state index contributed by atoms with van der Waals surface area (Å²) in [4.78, 5) is 2.28. The smallest absolute Gasteiger partial charge is 0.151 e. The van der Waals surface area contributed by atoms with Crippen LogP contribution in [-0.4, -0.2) is 8.80 Å². The average Bonchev–Trinajstić information content (AvgIpc) is 3.68. The van der Waals surface area contributed by atoms with E-state index in [1.165, 1.54) is 55.0 Å². The van der Waals surface area contributed by atoms with Gasteiger partial charge < -0.3 is 9.64 Å². The number of imidazole rings is 1. The SMILES string of the molecule is c1ccc2c(c1)Oc1ccccc1N2c1ccc(-c2ccc3c(c2)n2c4ccccc4c4c5ccccc5n3c42)cc1. The predicted molar refractivity (Wildman–Crippen MR) is 172 cm³/mol. The lowest BCUT2D eigenvalue weighted by atomic mass is 10.0. The van der Waals surface area contributed by atoms with E-state index < -0.39 is 0 Å². The van der Waals surface area contributed by atoms with Crippen LogP contribution in [0.3, 0.4) is 0 Å². The van der Waals surface area contributed by atoms with E-state index in [9.17, 15) is 0 Å². The number of nitrogens with zero attached hydrogens (tertiary/aromatic N) is 3. The number of aromatic nitrogens is 2. The molecule has 4 heteroatoms. The molecule has 0 unspecified atom stereocenters. The summed E-state index contributed by atoms with van der Waals surface area (Å²) in [7, 11) is 0. The summed E-state index contributed by atoms with van der Waals surface area (Å²) in [6, 6.07) is 49.7. The van der Waals surface area contributed by atoms with Crippen molar-refractivity contribution in [2.45, 2.75) is 0 Å². The highest BCUT2D eigenvalue weighted by Crippen LogP contribution is 2.50. The molecule has 0 N–H and O–H groups in total. The molecule has 0 spiro atoms. The van der Waals surface area contributed by atoms with Gasteiger partial charge in [0.25, 0.3) is 0 Å². The van der Waals surface area contributed by atoms with Crippen molar-refractivity contribution in [2.75, 3.05) is 4.90 Å². The van der Waals surface area contributed by atoms with E-state index in [-0.39, 0.29) is 0 Å². The van der Waals surface area contributed by atoms with Crippen molar-refractivity contribution in [3.8, 4) is 22.6 Å². The van der Waals surface area contributed by atoms with Gasteiger partial charge in [-0.15, -0.1) is 0 Å². The first-order valence-corrected chi connectivity index (χ1v) is 14.3. The third-order valence-electron chi connectivity index (χ3n) is 8.82. The fraction of sp³-hybridized carbons (Fsp3) is 0. The largest absolute Gasteiger partial charge is 0.453 e. The van der Waals surface area contributed by atoms with Crippen molar-refractivity contribution in [1.82, 2.24) is 8.80 Å². The van der Waals surface area contributed by atoms with Gasteiger partial charge in [-0.3, -0.25) is 8.80 Å². The molecular weight excluding hydrogens is 514 g/mol. The molecule has 0 saturated carbocycles. The van der Waals surface area contributed by atoms with Crippen molar-refractivity contribution in [3.05, 3.63) is 140 Å². The molecular formula is C38H23N3O. The third kappa shape index (κ3) is 2.76. The highest BCUT2D eigenvalue weighted by atomic mass is 16.5. The molecule has 0 saturated heterocycles. The number of ether oxygens (including phenoxy) is 1. The molecule has 0 aliphatic carbocycles. The molecule has 3 aromatic heterocycles. The van der Waals surface area contributed by atoms with Crippen LogP contribution in [0.25, 0.3) is 55.0 Å². The zero-order valence-corrected chi connectivity index (χ0v) is 22.5. The van der Waals surface area contributed by atoms with E-state index in [1.807, 2.05) is 24.3 Å². The molecule has 10 rings (SSSR count). The second-order valence-electron chi connectivity index (χ2n) is 11.0. The number of fused-ring (bicyclic) bond motifs is 11. The van der Waals surface area contributed by atoms with Gasteiger partial charge in [0.1, 0.15) is 5.65 Å². The Bertz CT molecular complexity index is 2450. The molecule has 0 bridgehead atoms. The minimum atomic E-state index is 0.862. The summed E-state index contributed by atoms with van der Waals surface area (Å²) >= 11 is 0. The second kappa shape index (κ2) is 7.93. The highest BCUT2D eigenvalue weighted by molar-refractivity contribution is 6.24. The van der Waals surface area contributed by atoms with Gasteiger partial charge in [-0.05, 0) is 71.8 Å². The first kappa shape index (κ1) is 22.0. The van der Waals surface area contributed by atoms with Crippen LogP contribution in [0.15, 0.2) is 140 Å². The van der Waals surface area contributed by atoms with Gasteiger partial charge in [0.2, 0.25) is 0 Å². The van der Waals surface area contributed by atoms with Gasteiger partial charge in [-0.25, -0.2) is 0 Å². The van der Waals surface area contributed by atoms with Gasteiger partial charge >= 0.3 is 0 Å². The van der Waals surface area contributed by atoms with Crippen molar-refractivity contribution in [1.29, 1.82) is 0 Å². The number of hydrogen-bond acceptors (Lipinski definition) is 2. The monoisotopic (exact) mass is 537 g/mol. The number of benzene rings is 6. The molecule has 1 aliphatic rings. The molecule has 0 radical (unpaired) electrons. The summed E-state index contributed by atoms with van der Waals surface area (Å²) in [6.45, 7) is 0. The fourth-order valence-corrected chi connectivity index (χ4v) is 7.04.